The molecule has 0 saturated heterocycles. The first-order valence-corrected chi connectivity index (χ1v) is 3.31. The molecule has 2 rings (SSSR count). The summed E-state index contributed by atoms with van der Waals surface area (Å²) in [5.74, 6) is 5.16. The van der Waals surface area contributed by atoms with Crippen LogP contribution < -0.4 is 11.4 Å². The van der Waals surface area contributed by atoms with Crippen LogP contribution in [0.15, 0.2) is 30.5 Å². The lowest BCUT2D eigenvalue weighted by atomic mass is 10.3. The highest BCUT2D eigenvalue weighted by Gasteiger charge is 1.95. The molecule has 0 fully saturated rings. The van der Waals surface area contributed by atoms with E-state index in [-0.39, 0.29) is 0 Å². The molecule has 1 aromatic carbocycles. The van der Waals surface area contributed by atoms with E-state index in [4.69, 9.17) is 5.84 Å². The molecule has 4 nitrogen and oxygen atoms in total. The number of nitrogen functional groups attached to an aromatic ring is 1. The summed E-state index contributed by atoms with van der Waals surface area (Å²) in [5, 5.41) is 5.19. The summed E-state index contributed by atoms with van der Waals surface area (Å²) in [7, 11) is 0. The van der Waals surface area contributed by atoms with E-state index in [0.717, 1.165) is 10.9 Å². The van der Waals surface area contributed by atoms with E-state index < -0.39 is 0 Å². The molecule has 0 bridgehead atoms. The van der Waals surface area contributed by atoms with Gasteiger partial charge in [-0.25, -0.2) is 11.4 Å². The normalized spacial score (nSPS) is 10.3. The summed E-state index contributed by atoms with van der Waals surface area (Å²) in [6, 6.07) is 7.82. The highest BCUT2D eigenvalue weighted by atomic mass is 15.7. The second kappa shape index (κ2) is 2.25. The third kappa shape index (κ3) is 0.929. The molecule has 0 aliphatic rings. The number of nitrogens with two attached hydrogens (primary N) is 1. The van der Waals surface area contributed by atoms with Gasteiger partial charge in [-0.15, -0.1) is 0 Å². The molecule has 0 spiro atoms. The molecule has 56 valence electrons. The van der Waals surface area contributed by atoms with Gasteiger partial charge in [-0.2, -0.15) is 9.89 Å². The molecule has 0 atom stereocenters. The van der Waals surface area contributed by atoms with Gasteiger partial charge in [0.1, 0.15) is 0 Å². The fourth-order valence-electron chi connectivity index (χ4n) is 1.03. The average molecular weight is 148 g/mol. The molecular weight excluding hydrogens is 140 g/mol. The zero-order valence-electron chi connectivity index (χ0n) is 5.86. The number of hydrogen-bond acceptors (Lipinski definition) is 3. The van der Waals surface area contributed by atoms with Crippen molar-refractivity contribution in [1.29, 1.82) is 0 Å². The van der Waals surface area contributed by atoms with Crippen LogP contribution in [0.2, 0.25) is 0 Å². The van der Waals surface area contributed by atoms with Crippen LogP contribution in [0.5, 0.6) is 0 Å². The van der Waals surface area contributed by atoms with Gasteiger partial charge in [0.25, 0.3) is 0 Å². The van der Waals surface area contributed by atoms with Crippen molar-refractivity contribution in [3.63, 3.8) is 0 Å². The second-order valence-electron chi connectivity index (χ2n) is 2.26. The molecule has 11 heavy (non-hydrogen) atoms. The number of rotatable bonds is 1. The zero-order valence-corrected chi connectivity index (χ0v) is 5.86. The van der Waals surface area contributed by atoms with Crippen LogP contribution >= 0.6 is 0 Å². The van der Waals surface area contributed by atoms with Gasteiger partial charge >= 0.3 is 0 Å². The third-order valence-corrected chi connectivity index (χ3v) is 1.55. The minimum atomic E-state index is 0.936. The maximum absolute atomic E-state index is 5.16. The Balaban J connectivity index is 2.69. The minimum absolute atomic E-state index is 0.936. The number of hydrogen-bond donors (Lipinski definition) is 2. The first-order valence-electron chi connectivity index (χ1n) is 3.31. The molecule has 0 unspecified atom stereocenters. The van der Waals surface area contributed by atoms with Crippen LogP contribution in [0, 0.1) is 0 Å². The predicted octanol–water partition coefficient (Wildman–Crippen LogP) is 0.453. The Labute approximate surface area is 63.6 Å². The Hall–Kier alpha value is -1.55. The monoisotopic (exact) mass is 148 g/mol. The highest BCUT2D eigenvalue weighted by molar-refractivity contribution is 5.77. The van der Waals surface area contributed by atoms with E-state index in [1.54, 1.807) is 0 Å². The van der Waals surface area contributed by atoms with Crippen LogP contribution in [0.1, 0.15) is 0 Å². The standard InChI is InChI=1S/C7H8N4/c8-10-11-5-6-3-1-2-4-7(6)9-11/h1-5,10H,8H2. The third-order valence-electron chi connectivity index (χ3n) is 1.55. The topological polar surface area (TPSA) is 55.9 Å². The molecule has 0 saturated carbocycles. The molecule has 4 heteroatoms. The van der Waals surface area contributed by atoms with Crippen molar-refractivity contribution in [2.75, 3.05) is 5.53 Å². The van der Waals surface area contributed by atoms with Gasteiger partial charge in [0.2, 0.25) is 0 Å². The lowest BCUT2D eigenvalue weighted by Gasteiger charge is -1.93. The van der Waals surface area contributed by atoms with Crippen LogP contribution in [0.4, 0.5) is 0 Å². The Morgan fingerprint density at radius 2 is 2.18 bits per heavy atom. The van der Waals surface area contributed by atoms with E-state index in [1.807, 2.05) is 30.5 Å². The lowest BCUT2D eigenvalue weighted by Crippen LogP contribution is -2.21. The second-order valence-corrected chi connectivity index (χ2v) is 2.26. The number of fused-ring (bicyclic) bond motifs is 1. The van der Waals surface area contributed by atoms with E-state index in [0.29, 0.717) is 0 Å². The van der Waals surface area contributed by atoms with Gasteiger partial charge in [0.15, 0.2) is 0 Å². The summed E-state index contributed by atoms with van der Waals surface area (Å²) in [4.78, 5) is 1.48. The maximum Gasteiger partial charge on any atom is 0.0944 e. The molecule has 3 N–H and O–H groups in total. The van der Waals surface area contributed by atoms with Crippen LogP contribution in [0.3, 0.4) is 0 Å². The lowest BCUT2D eigenvalue weighted by molar-refractivity contribution is 0.764. The van der Waals surface area contributed by atoms with E-state index >= 15 is 0 Å². The number of aromatic nitrogens is 2. The molecule has 0 radical (unpaired) electrons. The van der Waals surface area contributed by atoms with Gasteiger partial charge < -0.3 is 0 Å². The fraction of sp³-hybridized carbons (Fsp3) is 0. The molecule has 0 aliphatic carbocycles. The zero-order chi connectivity index (χ0) is 7.68. The average Bonchev–Trinajstić information content (AvgIpc) is 2.46. The quantitative estimate of drug-likeness (QED) is 0.456. The predicted molar refractivity (Wildman–Crippen MR) is 43.3 cm³/mol. The van der Waals surface area contributed by atoms with E-state index in [1.165, 1.54) is 4.79 Å². The van der Waals surface area contributed by atoms with Crippen molar-refractivity contribution >= 4 is 10.9 Å². The van der Waals surface area contributed by atoms with Gasteiger partial charge in [-0.3, -0.25) is 0 Å². The molecular formula is C7H8N4. The van der Waals surface area contributed by atoms with Crippen LogP contribution in [-0.4, -0.2) is 9.89 Å². The molecule has 2 aromatic rings. The van der Waals surface area contributed by atoms with Gasteiger partial charge in [0.05, 0.1) is 11.7 Å². The molecule has 1 aromatic heterocycles. The molecule has 1 heterocycles. The van der Waals surface area contributed by atoms with Crippen molar-refractivity contribution in [3.05, 3.63) is 30.5 Å². The van der Waals surface area contributed by atoms with E-state index in [9.17, 15) is 0 Å². The first kappa shape index (κ1) is 6.18. The smallest absolute Gasteiger partial charge is 0.0944 e. The fourth-order valence-corrected chi connectivity index (χ4v) is 1.03. The Morgan fingerprint density at radius 3 is 2.91 bits per heavy atom. The van der Waals surface area contributed by atoms with Crippen molar-refractivity contribution in [2.24, 2.45) is 5.84 Å². The number of benzene rings is 1. The highest BCUT2D eigenvalue weighted by Crippen LogP contribution is 2.08. The Bertz CT molecular complexity index is 332. The Kier molecular flexibility index (Phi) is 1.26. The van der Waals surface area contributed by atoms with Crippen LogP contribution in [-0.2, 0) is 0 Å². The van der Waals surface area contributed by atoms with Crippen molar-refractivity contribution < 1.29 is 0 Å². The number of nitrogens with one attached hydrogen (secondary N) is 1. The summed E-state index contributed by atoms with van der Waals surface area (Å²) in [6.45, 7) is 0. The van der Waals surface area contributed by atoms with Gasteiger partial charge in [0, 0.05) is 5.39 Å². The van der Waals surface area contributed by atoms with Crippen molar-refractivity contribution in [2.45, 2.75) is 0 Å². The summed E-state index contributed by atoms with van der Waals surface area (Å²) >= 11 is 0. The summed E-state index contributed by atoms with van der Waals surface area (Å²) in [5.41, 5.74) is 3.36. The summed E-state index contributed by atoms with van der Waals surface area (Å²) in [6.07, 6.45) is 1.83. The van der Waals surface area contributed by atoms with E-state index in [2.05, 4.69) is 10.6 Å². The van der Waals surface area contributed by atoms with Gasteiger partial charge in [-0.05, 0) is 6.07 Å². The molecule has 0 amide bonds. The van der Waals surface area contributed by atoms with Gasteiger partial charge in [-0.1, -0.05) is 18.2 Å². The maximum atomic E-state index is 5.16. The minimum Gasteiger partial charge on any atom is -0.246 e. The SMILES string of the molecule is NNn1cc2ccccc2n1. The number of hydrazine groups is 1. The number of nitrogens with zero attached hydrogens (tertiary/aromatic N) is 2. The Morgan fingerprint density at radius 1 is 1.36 bits per heavy atom. The molecule has 0 aliphatic heterocycles. The van der Waals surface area contributed by atoms with Crippen molar-refractivity contribution in [3.8, 4) is 0 Å². The van der Waals surface area contributed by atoms with Crippen LogP contribution in [0.25, 0.3) is 10.9 Å². The largest absolute Gasteiger partial charge is 0.246 e. The summed E-state index contributed by atoms with van der Waals surface area (Å²) < 4.78 is 0. The van der Waals surface area contributed by atoms with Crippen molar-refractivity contribution in [1.82, 2.24) is 9.89 Å². The first-order chi connectivity index (χ1) is 5.40.